The lowest BCUT2D eigenvalue weighted by Crippen LogP contribution is -2.15. The van der Waals surface area contributed by atoms with Crippen LogP contribution in [0.4, 0.5) is 0 Å². The van der Waals surface area contributed by atoms with E-state index in [9.17, 15) is 9.59 Å². The van der Waals surface area contributed by atoms with Gasteiger partial charge < -0.3 is 9.84 Å². The number of carboxylic acids is 1. The first kappa shape index (κ1) is 14.5. The average Bonchev–Trinajstić information content (AvgIpc) is 2.38. The molecule has 1 heterocycles. The third-order valence-electron chi connectivity index (χ3n) is 2.28. The molecule has 1 rings (SSSR count). The van der Waals surface area contributed by atoms with Gasteiger partial charge in [0.05, 0.1) is 12.8 Å². The molecule has 98 valence electrons. The highest BCUT2D eigenvalue weighted by molar-refractivity contribution is 7.99. The van der Waals surface area contributed by atoms with Gasteiger partial charge in [0, 0.05) is 5.75 Å². The largest absolute Gasteiger partial charge is 0.480 e. The van der Waals surface area contributed by atoms with Crippen LogP contribution >= 0.6 is 11.8 Å². The number of esters is 1. The molecule has 6 heteroatoms. The van der Waals surface area contributed by atoms with E-state index in [1.54, 1.807) is 18.2 Å². The lowest BCUT2D eigenvalue weighted by Gasteiger charge is -2.09. The maximum atomic E-state index is 11.3. The second-order valence-electron chi connectivity index (χ2n) is 3.55. The number of methoxy groups -OCH3 is 1. The van der Waals surface area contributed by atoms with Gasteiger partial charge in [0.15, 0.2) is 0 Å². The van der Waals surface area contributed by atoms with E-state index >= 15 is 0 Å². The van der Waals surface area contributed by atoms with E-state index in [4.69, 9.17) is 5.11 Å². The fourth-order valence-corrected chi connectivity index (χ4v) is 2.24. The van der Waals surface area contributed by atoms with Gasteiger partial charge in [-0.2, -0.15) is 0 Å². The van der Waals surface area contributed by atoms with E-state index in [1.807, 2.05) is 6.92 Å². The van der Waals surface area contributed by atoms with Gasteiger partial charge in [-0.05, 0) is 18.6 Å². The van der Waals surface area contributed by atoms with Crippen molar-refractivity contribution < 1.29 is 19.4 Å². The molecule has 1 atom stereocenters. The molecule has 1 aromatic heterocycles. The predicted molar refractivity (Wildman–Crippen MR) is 68.6 cm³/mol. The number of carbonyl (C=O) groups excluding carboxylic acids is 1. The molecule has 0 spiro atoms. The molecule has 0 aliphatic rings. The maximum Gasteiger partial charge on any atom is 0.356 e. The van der Waals surface area contributed by atoms with Gasteiger partial charge in [0.2, 0.25) is 0 Å². The first-order valence-electron chi connectivity index (χ1n) is 5.47. The monoisotopic (exact) mass is 269 g/mol. The third kappa shape index (κ3) is 4.03. The highest BCUT2D eigenvalue weighted by Crippen LogP contribution is 2.19. The Balaban J connectivity index is 2.68. The van der Waals surface area contributed by atoms with Crippen LogP contribution < -0.4 is 0 Å². The van der Waals surface area contributed by atoms with Crippen LogP contribution in [0.25, 0.3) is 0 Å². The summed E-state index contributed by atoms with van der Waals surface area (Å²) < 4.78 is 4.57. The minimum Gasteiger partial charge on any atom is -0.480 e. The molecule has 0 amide bonds. The maximum absolute atomic E-state index is 11.3. The van der Waals surface area contributed by atoms with Gasteiger partial charge >= 0.3 is 11.9 Å². The molecule has 0 bridgehead atoms. The van der Waals surface area contributed by atoms with Crippen molar-refractivity contribution in [2.24, 2.45) is 0 Å². The van der Waals surface area contributed by atoms with E-state index in [0.717, 1.165) is 0 Å². The number of nitrogens with zero attached hydrogens (tertiary/aromatic N) is 1. The van der Waals surface area contributed by atoms with Crippen molar-refractivity contribution in [1.82, 2.24) is 4.98 Å². The predicted octanol–water partition coefficient (Wildman–Crippen LogP) is 1.96. The van der Waals surface area contributed by atoms with Crippen LogP contribution in [0, 0.1) is 0 Å². The summed E-state index contributed by atoms with van der Waals surface area (Å²) in [6.07, 6.45) is 0.552. The van der Waals surface area contributed by atoms with E-state index in [-0.39, 0.29) is 5.69 Å². The molecule has 1 unspecified atom stereocenters. The molecule has 1 aromatic rings. The number of aromatic nitrogens is 1. The Labute approximate surface area is 110 Å². The van der Waals surface area contributed by atoms with Crippen LogP contribution in [0.1, 0.15) is 29.5 Å². The molecule has 5 nitrogen and oxygen atoms in total. The standard InChI is InChI=1S/C12H15NO4S/c1-3-10(11(14)15)18-7-8-5-4-6-9(13-8)12(16)17-2/h4-6,10H,3,7H2,1-2H3,(H,14,15). The fourth-order valence-electron chi connectivity index (χ4n) is 1.33. The van der Waals surface area contributed by atoms with Crippen molar-refractivity contribution in [1.29, 1.82) is 0 Å². The summed E-state index contributed by atoms with van der Waals surface area (Å²) in [4.78, 5) is 26.3. The summed E-state index contributed by atoms with van der Waals surface area (Å²) in [5.41, 5.74) is 0.904. The fraction of sp³-hybridized carbons (Fsp3) is 0.417. The Morgan fingerprint density at radius 3 is 2.78 bits per heavy atom. The zero-order valence-electron chi connectivity index (χ0n) is 10.3. The second-order valence-corrected chi connectivity index (χ2v) is 4.74. The van der Waals surface area contributed by atoms with Gasteiger partial charge in [-0.25, -0.2) is 9.78 Å². The van der Waals surface area contributed by atoms with Crippen LogP contribution in [-0.2, 0) is 15.3 Å². The van der Waals surface area contributed by atoms with Crippen LogP contribution in [-0.4, -0.2) is 34.4 Å². The molecule has 0 saturated heterocycles. The molecule has 18 heavy (non-hydrogen) atoms. The number of rotatable bonds is 6. The molecule has 0 fully saturated rings. The molecular weight excluding hydrogens is 254 g/mol. The van der Waals surface area contributed by atoms with Crippen LogP contribution in [0.3, 0.4) is 0 Å². The lowest BCUT2D eigenvalue weighted by atomic mass is 10.3. The Kier molecular flexibility index (Phi) is 5.64. The molecule has 1 N–H and O–H groups in total. The molecule has 0 aliphatic carbocycles. The molecule has 0 saturated carbocycles. The number of hydrogen-bond donors (Lipinski definition) is 1. The van der Waals surface area contributed by atoms with E-state index in [0.29, 0.717) is 17.9 Å². The molecule has 0 aliphatic heterocycles. The number of aliphatic carboxylic acids is 1. The first-order chi connectivity index (χ1) is 8.58. The lowest BCUT2D eigenvalue weighted by molar-refractivity contribution is -0.136. The zero-order chi connectivity index (χ0) is 13.5. The smallest absolute Gasteiger partial charge is 0.356 e. The van der Waals surface area contributed by atoms with Crippen molar-refractivity contribution in [3.63, 3.8) is 0 Å². The quantitative estimate of drug-likeness (QED) is 0.796. The van der Waals surface area contributed by atoms with Crippen molar-refractivity contribution in [2.45, 2.75) is 24.3 Å². The van der Waals surface area contributed by atoms with Gasteiger partial charge in [-0.1, -0.05) is 13.0 Å². The zero-order valence-corrected chi connectivity index (χ0v) is 11.1. The first-order valence-corrected chi connectivity index (χ1v) is 6.52. The van der Waals surface area contributed by atoms with Gasteiger partial charge in [-0.3, -0.25) is 4.79 Å². The summed E-state index contributed by atoms with van der Waals surface area (Å²) in [5.74, 6) is -0.867. The molecular formula is C12H15NO4S. The van der Waals surface area contributed by atoms with E-state index in [1.165, 1.54) is 18.9 Å². The highest BCUT2D eigenvalue weighted by Gasteiger charge is 2.16. The number of carbonyl (C=O) groups is 2. The summed E-state index contributed by atoms with van der Waals surface area (Å²) in [7, 11) is 1.29. The molecule has 0 radical (unpaired) electrons. The van der Waals surface area contributed by atoms with Crippen LogP contribution in [0.15, 0.2) is 18.2 Å². The van der Waals surface area contributed by atoms with Crippen LogP contribution in [0.5, 0.6) is 0 Å². The van der Waals surface area contributed by atoms with Gasteiger partial charge in [0.1, 0.15) is 10.9 Å². The van der Waals surface area contributed by atoms with Crippen molar-refractivity contribution in [2.75, 3.05) is 7.11 Å². The van der Waals surface area contributed by atoms with Crippen molar-refractivity contribution >= 4 is 23.7 Å². The topological polar surface area (TPSA) is 76.5 Å². The summed E-state index contributed by atoms with van der Waals surface area (Å²) in [6.45, 7) is 1.82. The number of thioether (sulfide) groups is 1. The summed E-state index contributed by atoms with van der Waals surface area (Å²) >= 11 is 1.30. The Morgan fingerprint density at radius 1 is 1.50 bits per heavy atom. The average molecular weight is 269 g/mol. The van der Waals surface area contributed by atoms with Crippen molar-refractivity contribution in [3.05, 3.63) is 29.6 Å². The Hall–Kier alpha value is -1.56. The summed E-state index contributed by atoms with van der Waals surface area (Å²) in [6, 6.07) is 5.03. The number of ether oxygens (including phenoxy) is 1. The minimum absolute atomic E-state index is 0.235. The summed E-state index contributed by atoms with van der Waals surface area (Å²) in [5, 5.41) is 8.47. The van der Waals surface area contributed by atoms with Gasteiger partial charge in [0.25, 0.3) is 0 Å². The second kappa shape index (κ2) is 7.00. The normalized spacial score (nSPS) is 11.9. The minimum atomic E-state index is -0.827. The van der Waals surface area contributed by atoms with E-state index < -0.39 is 17.2 Å². The number of pyridine rings is 1. The molecule has 0 aromatic carbocycles. The third-order valence-corrected chi connectivity index (χ3v) is 3.68. The highest BCUT2D eigenvalue weighted by atomic mass is 32.2. The number of hydrogen-bond acceptors (Lipinski definition) is 5. The van der Waals surface area contributed by atoms with E-state index in [2.05, 4.69) is 9.72 Å². The van der Waals surface area contributed by atoms with Gasteiger partial charge in [-0.15, -0.1) is 11.8 Å². The van der Waals surface area contributed by atoms with Crippen LogP contribution in [0.2, 0.25) is 0 Å². The Morgan fingerprint density at radius 2 is 2.22 bits per heavy atom. The SMILES string of the molecule is CCC(SCc1cccc(C(=O)OC)n1)C(=O)O. The Bertz CT molecular complexity index is 436. The van der Waals surface area contributed by atoms with Crippen molar-refractivity contribution in [3.8, 4) is 0 Å². The number of carboxylic acid groups (broad SMARTS) is 1.